The van der Waals surface area contributed by atoms with Gasteiger partial charge in [0, 0.05) is 18.2 Å². The minimum absolute atomic E-state index is 0.191. The highest BCUT2D eigenvalue weighted by Gasteiger charge is 2.26. The number of halogens is 1. The molecule has 3 aromatic rings. The van der Waals surface area contributed by atoms with E-state index in [-0.39, 0.29) is 18.0 Å². The second kappa shape index (κ2) is 8.80. The molecule has 0 radical (unpaired) electrons. The number of para-hydroxylation sites is 1. The minimum atomic E-state index is -0.313. The maximum absolute atomic E-state index is 14.3. The molecule has 5 rings (SSSR count). The third kappa shape index (κ3) is 4.36. The zero-order chi connectivity index (χ0) is 21.2. The Bertz CT molecular complexity index is 1040. The molecule has 31 heavy (non-hydrogen) atoms. The number of anilines is 3. The van der Waals surface area contributed by atoms with E-state index in [4.69, 9.17) is 4.98 Å². The number of pyridine rings is 1. The Kier molecular flexibility index (Phi) is 5.74. The lowest BCUT2D eigenvalue weighted by molar-refractivity contribution is 0.112. The first-order valence-corrected chi connectivity index (χ1v) is 11.2. The summed E-state index contributed by atoms with van der Waals surface area (Å²) in [6.45, 7) is 2.03. The molecule has 7 nitrogen and oxygen atoms in total. The molecule has 2 aromatic heterocycles. The first-order valence-electron chi connectivity index (χ1n) is 11.2. The van der Waals surface area contributed by atoms with Crippen LogP contribution in [0.15, 0.2) is 36.5 Å². The summed E-state index contributed by atoms with van der Waals surface area (Å²) in [6.07, 6.45) is 6.92. The monoisotopic (exact) mass is 424 g/mol. The lowest BCUT2D eigenvalue weighted by Crippen LogP contribution is -2.35. The van der Waals surface area contributed by atoms with E-state index in [1.165, 1.54) is 6.07 Å². The molecule has 1 saturated carbocycles. The maximum atomic E-state index is 14.3. The Hall–Kier alpha value is -2.71. The van der Waals surface area contributed by atoms with Gasteiger partial charge in [-0.1, -0.05) is 12.1 Å². The molecule has 0 unspecified atom stereocenters. The van der Waals surface area contributed by atoms with E-state index < -0.39 is 0 Å². The third-order valence-electron chi connectivity index (χ3n) is 6.42. The van der Waals surface area contributed by atoms with Crippen LogP contribution in [0.5, 0.6) is 0 Å². The number of rotatable bonds is 5. The van der Waals surface area contributed by atoms with Gasteiger partial charge in [-0.15, -0.1) is 0 Å². The quantitative estimate of drug-likeness (QED) is 0.496. The number of hydrogen-bond donors (Lipinski definition) is 4. The molecule has 1 aliphatic carbocycles. The van der Waals surface area contributed by atoms with Crippen LogP contribution >= 0.6 is 0 Å². The number of benzene rings is 1. The van der Waals surface area contributed by atoms with Gasteiger partial charge >= 0.3 is 0 Å². The van der Waals surface area contributed by atoms with Gasteiger partial charge in [-0.05, 0) is 63.7 Å². The molecule has 164 valence electrons. The van der Waals surface area contributed by atoms with E-state index in [0.29, 0.717) is 17.7 Å². The van der Waals surface area contributed by atoms with E-state index in [1.807, 2.05) is 0 Å². The van der Waals surface area contributed by atoms with Gasteiger partial charge in [-0.25, -0.2) is 14.4 Å². The highest BCUT2D eigenvalue weighted by molar-refractivity contribution is 5.81. The molecule has 3 heterocycles. The van der Waals surface area contributed by atoms with Crippen molar-refractivity contribution in [3.63, 3.8) is 0 Å². The average Bonchev–Trinajstić information content (AvgIpc) is 3.14. The predicted octanol–water partition coefficient (Wildman–Crippen LogP) is 3.95. The summed E-state index contributed by atoms with van der Waals surface area (Å²) in [6, 6.07) is 9.29. The van der Waals surface area contributed by atoms with Crippen molar-refractivity contribution in [2.24, 2.45) is 0 Å². The van der Waals surface area contributed by atoms with E-state index in [9.17, 15) is 9.50 Å². The summed E-state index contributed by atoms with van der Waals surface area (Å²) in [5.41, 5.74) is 2.16. The lowest BCUT2D eigenvalue weighted by Gasteiger charge is -2.28. The van der Waals surface area contributed by atoms with E-state index in [0.717, 1.165) is 68.5 Å². The van der Waals surface area contributed by atoms with Crippen molar-refractivity contribution in [3.05, 3.63) is 42.3 Å². The van der Waals surface area contributed by atoms with Crippen LogP contribution in [0.1, 0.15) is 44.6 Å². The second-order valence-electron chi connectivity index (χ2n) is 8.60. The number of aromatic nitrogens is 3. The van der Waals surface area contributed by atoms with Crippen molar-refractivity contribution in [1.82, 2.24) is 19.9 Å². The van der Waals surface area contributed by atoms with Crippen molar-refractivity contribution in [1.29, 1.82) is 0 Å². The minimum Gasteiger partial charge on any atom is -0.393 e. The fourth-order valence-electron chi connectivity index (χ4n) is 4.71. The molecule has 2 aliphatic rings. The summed E-state index contributed by atoms with van der Waals surface area (Å²) < 4.78 is 16.5. The third-order valence-corrected chi connectivity index (χ3v) is 6.42. The molecule has 1 aromatic carbocycles. The largest absolute Gasteiger partial charge is 0.393 e. The molecule has 8 heteroatoms. The van der Waals surface area contributed by atoms with Gasteiger partial charge < -0.3 is 25.6 Å². The van der Waals surface area contributed by atoms with Crippen molar-refractivity contribution < 1.29 is 9.50 Å². The highest BCUT2D eigenvalue weighted by atomic mass is 19.1. The number of piperidine rings is 1. The maximum Gasteiger partial charge on any atom is 0.208 e. The second-order valence-corrected chi connectivity index (χ2v) is 8.60. The number of hydrogen-bond acceptors (Lipinski definition) is 6. The molecular weight excluding hydrogens is 395 g/mol. The topological polar surface area (TPSA) is 87.0 Å². The SMILES string of the molecule is OC1CCC(n2c(Nc3ccccc3F)nc3cnc(NC4CCNCC4)cc32)CC1. The zero-order valence-electron chi connectivity index (χ0n) is 17.5. The molecule has 2 fully saturated rings. The van der Waals surface area contributed by atoms with E-state index in [2.05, 4.69) is 31.6 Å². The van der Waals surface area contributed by atoms with Crippen LogP contribution in [0.3, 0.4) is 0 Å². The number of aliphatic hydroxyl groups excluding tert-OH is 1. The summed E-state index contributed by atoms with van der Waals surface area (Å²) in [4.78, 5) is 9.34. The normalized spacial score (nSPS) is 22.5. The number of fused-ring (bicyclic) bond motifs is 1. The van der Waals surface area contributed by atoms with Crippen molar-refractivity contribution >= 4 is 28.5 Å². The molecule has 0 amide bonds. The molecule has 4 N–H and O–H groups in total. The summed E-state index contributed by atoms with van der Waals surface area (Å²) in [7, 11) is 0. The standard InChI is InChI=1S/C23H29FN6O/c24-18-3-1-2-4-19(18)28-23-29-20-14-26-22(27-15-9-11-25-12-10-15)13-21(20)30(23)16-5-7-17(31)8-6-16/h1-4,13-17,25,31H,5-12H2,(H,26,27)(H,28,29). The Morgan fingerprint density at radius 3 is 2.61 bits per heavy atom. The van der Waals surface area contributed by atoms with Crippen LogP contribution in [0, 0.1) is 5.82 Å². The molecule has 0 atom stereocenters. The van der Waals surface area contributed by atoms with Gasteiger partial charge in [-0.3, -0.25) is 0 Å². The van der Waals surface area contributed by atoms with Crippen molar-refractivity contribution in [3.8, 4) is 0 Å². The van der Waals surface area contributed by atoms with E-state index in [1.54, 1.807) is 24.4 Å². The van der Waals surface area contributed by atoms with Gasteiger partial charge in [-0.2, -0.15) is 0 Å². The Morgan fingerprint density at radius 1 is 1.06 bits per heavy atom. The Balaban J connectivity index is 1.51. The zero-order valence-corrected chi connectivity index (χ0v) is 17.5. The summed E-state index contributed by atoms with van der Waals surface area (Å²) in [5, 5.41) is 20.1. The van der Waals surface area contributed by atoms with Crippen LogP contribution in [-0.2, 0) is 0 Å². The van der Waals surface area contributed by atoms with Gasteiger partial charge in [0.1, 0.15) is 17.2 Å². The highest BCUT2D eigenvalue weighted by Crippen LogP contribution is 2.36. The first kappa shape index (κ1) is 20.2. The Labute approximate surface area is 181 Å². The van der Waals surface area contributed by atoms with Gasteiger partial charge in [0.25, 0.3) is 0 Å². The fraction of sp³-hybridized carbons (Fsp3) is 0.478. The number of nitrogens with one attached hydrogen (secondary N) is 3. The summed E-state index contributed by atoms with van der Waals surface area (Å²) >= 11 is 0. The van der Waals surface area contributed by atoms with Crippen molar-refractivity contribution in [2.75, 3.05) is 23.7 Å². The van der Waals surface area contributed by atoms with Crippen LogP contribution in [-0.4, -0.2) is 44.9 Å². The lowest BCUT2D eigenvalue weighted by atomic mass is 9.93. The fourth-order valence-corrected chi connectivity index (χ4v) is 4.71. The van der Waals surface area contributed by atoms with Gasteiger partial charge in [0.15, 0.2) is 0 Å². The van der Waals surface area contributed by atoms with E-state index >= 15 is 0 Å². The van der Waals surface area contributed by atoms with Crippen LogP contribution in [0.2, 0.25) is 0 Å². The van der Waals surface area contributed by atoms with Crippen molar-refractivity contribution in [2.45, 2.75) is 56.7 Å². The smallest absolute Gasteiger partial charge is 0.208 e. The summed E-state index contributed by atoms with van der Waals surface area (Å²) in [5.74, 6) is 1.14. The molecular formula is C23H29FN6O. The van der Waals surface area contributed by atoms with Crippen LogP contribution < -0.4 is 16.0 Å². The van der Waals surface area contributed by atoms with Crippen LogP contribution in [0.4, 0.5) is 21.8 Å². The van der Waals surface area contributed by atoms with Gasteiger partial charge in [0.2, 0.25) is 5.95 Å². The Morgan fingerprint density at radius 2 is 1.84 bits per heavy atom. The number of nitrogens with zero attached hydrogens (tertiary/aromatic N) is 3. The average molecular weight is 425 g/mol. The molecule has 0 spiro atoms. The number of aliphatic hydroxyl groups is 1. The van der Waals surface area contributed by atoms with Crippen LogP contribution in [0.25, 0.3) is 11.0 Å². The number of imidazole rings is 1. The molecule has 1 saturated heterocycles. The first-order chi connectivity index (χ1) is 15.2. The molecule has 1 aliphatic heterocycles. The van der Waals surface area contributed by atoms with Gasteiger partial charge in [0.05, 0.1) is 23.5 Å². The molecule has 0 bridgehead atoms. The predicted molar refractivity (Wildman–Crippen MR) is 120 cm³/mol.